The van der Waals surface area contributed by atoms with Crippen molar-refractivity contribution in [2.75, 3.05) is 26.2 Å². The van der Waals surface area contributed by atoms with E-state index in [9.17, 15) is 9.59 Å². The Kier molecular flexibility index (Phi) is 4.39. The maximum Gasteiger partial charge on any atom is 0.236 e. The molecule has 1 heterocycles. The van der Waals surface area contributed by atoms with Gasteiger partial charge in [0, 0.05) is 26.1 Å². The number of likely N-dealkylation sites (tertiary alicyclic amines) is 1. The molecular formula is C9H17N3O2. The lowest BCUT2D eigenvalue weighted by Crippen LogP contribution is -2.37. The van der Waals surface area contributed by atoms with Crippen LogP contribution < -0.4 is 11.1 Å². The summed E-state index contributed by atoms with van der Waals surface area (Å²) in [5.41, 5.74) is 4.96. The van der Waals surface area contributed by atoms with Gasteiger partial charge in [0.1, 0.15) is 0 Å². The van der Waals surface area contributed by atoms with Crippen molar-refractivity contribution in [3.05, 3.63) is 0 Å². The Bertz CT molecular complexity index is 212. The minimum atomic E-state index is -0.342. The minimum absolute atomic E-state index is 0.118. The molecule has 0 atom stereocenters. The fourth-order valence-electron chi connectivity index (χ4n) is 1.49. The van der Waals surface area contributed by atoms with Gasteiger partial charge in [-0.15, -0.1) is 0 Å². The third-order valence-electron chi connectivity index (χ3n) is 2.28. The molecule has 1 rings (SSSR count). The van der Waals surface area contributed by atoms with E-state index in [1.54, 1.807) is 0 Å². The van der Waals surface area contributed by atoms with Crippen LogP contribution in [-0.4, -0.2) is 42.9 Å². The number of rotatable bonds is 5. The van der Waals surface area contributed by atoms with Crippen LogP contribution in [0.3, 0.4) is 0 Å². The SMILES string of the molecule is NC(=O)CCNCC(=O)N1CCCC1. The maximum atomic E-state index is 11.4. The van der Waals surface area contributed by atoms with Gasteiger partial charge in [0.2, 0.25) is 11.8 Å². The van der Waals surface area contributed by atoms with Crippen molar-refractivity contribution < 1.29 is 9.59 Å². The molecule has 1 aliphatic rings. The predicted molar refractivity (Wildman–Crippen MR) is 52.5 cm³/mol. The molecule has 14 heavy (non-hydrogen) atoms. The molecule has 0 bridgehead atoms. The Balaban J connectivity index is 2.05. The molecule has 1 fully saturated rings. The van der Waals surface area contributed by atoms with E-state index in [0.717, 1.165) is 25.9 Å². The van der Waals surface area contributed by atoms with Gasteiger partial charge >= 0.3 is 0 Å². The summed E-state index contributed by atoms with van der Waals surface area (Å²) in [5.74, 6) is -0.224. The first-order valence-electron chi connectivity index (χ1n) is 4.97. The van der Waals surface area contributed by atoms with E-state index >= 15 is 0 Å². The van der Waals surface area contributed by atoms with Crippen molar-refractivity contribution in [1.29, 1.82) is 0 Å². The van der Waals surface area contributed by atoms with Gasteiger partial charge in [0.25, 0.3) is 0 Å². The summed E-state index contributed by atoms with van der Waals surface area (Å²) in [6.45, 7) is 2.54. The Morgan fingerprint density at radius 3 is 2.50 bits per heavy atom. The summed E-state index contributed by atoms with van der Waals surface area (Å²) in [7, 11) is 0. The van der Waals surface area contributed by atoms with E-state index in [4.69, 9.17) is 5.73 Å². The lowest BCUT2D eigenvalue weighted by atomic mass is 10.4. The second-order valence-corrected chi connectivity index (χ2v) is 3.48. The molecule has 0 aromatic heterocycles. The molecule has 1 saturated heterocycles. The molecule has 0 unspecified atom stereocenters. The van der Waals surface area contributed by atoms with Crippen molar-refractivity contribution in [2.24, 2.45) is 5.73 Å². The average Bonchev–Trinajstić information content (AvgIpc) is 2.64. The van der Waals surface area contributed by atoms with Gasteiger partial charge in [-0.25, -0.2) is 0 Å². The van der Waals surface area contributed by atoms with E-state index in [1.807, 2.05) is 4.90 Å². The highest BCUT2D eigenvalue weighted by atomic mass is 16.2. The molecule has 0 aliphatic carbocycles. The minimum Gasteiger partial charge on any atom is -0.370 e. The van der Waals surface area contributed by atoms with E-state index in [1.165, 1.54) is 0 Å². The zero-order valence-electron chi connectivity index (χ0n) is 8.29. The van der Waals surface area contributed by atoms with Crippen molar-refractivity contribution in [2.45, 2.75) is 19.3 Å². The second-order valence-electron chi connectivity index (χ2n) is 3.48. The van der Waals surface area contributed by atoms with Gasteiger partial charge < -0.3 is 16.0 Å². The van der Waals surface area contributed by atoms with Crippen LogP contribution >= 0.6 is 0 Å². The number of primary amides is 1. The number of hydrogen-bond donors (Lipinski definition) is 2. The average molecular weight is 199 g/mol. The number of carbonyl (C=O) groups is 2. The number of nitrogens with zero attached hydrogens (tertiary/aromatic N) is 1. The fourth-order valence-corrected chi connectivity index (χ4v) is 1.49. The standard InChI is InChI=1S/C9H17N3O2/c10-8(13)3-4-11-7-9(14)12-5-1-2-6-12/h11H,1-7H2,(H2,10,13). The summed E-state index contributed by atoms with van der Waals surface area (Å²) in [4.78, 5) is 23.7. The van der Waals surface area contributed by atoms with Crippen molar-refractivity contribution in [3.8, 4) is 0 Å². The summed E-state index contributed by atoms with van der Waals surface area (Å²) in [6.07, 6.45) is 2.49. The van der Waals surface area contributed by atoms with E-state index in [2.05, 4.69) is 5.32 Å². The molecule has 80 valence electrons. The first-order chi connectivity index (χ1) is 6.70. The Hall–Kier alpha value is -1.10. The number of nitrogens with two attached hydrogens (primary N) is 1. The molecule has 5 nitrogen and oxygen atoms in total. The highest BCUT2D eigenvalue weighted by molar-refractivity contribution is 5.78. The quantitative estimate of drug-likeness (QED) is 0.562. The maximum absolute atomic E-state index is 11.4. The lowest BCUT2D eigenvalue weighted by molar-refractivity contribution is -0.129. The van der Waals surface area contributed by atoms with Crippen LogP contribution in [0.4, 0.5) is 0 Å². The number of hydrogen-bond acceptors (Lipinski definition) is 3. The van der Waals surface area contributed by atoms with Crippen LogP contribution in [0.5, 0.6) is 0 Å². The van der Waals surface area contributed by atoms with Crippen molar-refractivity contribution in [1.82, 2.24) is 10.2 Å². The third kappa shape index (κ3) is 3.74. The number of nitrogens with one attached hydrogen (secondary N) is 1. The molecule has 0 saturated carbocycles. The van der Waals surface area contributed by atoms with Gasteiger partial charge in [-0.05, 0) is 12.8 Å². The molecule has 5 heteroatoms. The summed E-state index contributed by atoms with van der Waals surface area (Å²) in [5, 5.41) is 2.90. The normalized spacial score (nSPS) is 15.9. The topological polar surface area (TPSA) is 75.4 Å². The lowest BCUT2D eigenvalue weighted by Gasteiger charge is -2.15. The van der Waals surface area contributed by atoms with Gasteiger partial charge in [0.05, 0.1) is 6.54 Å². The van der Waals surface area contributed by atoms with Crippen LogP contribution in [0.1, 0.15) is 19.3 Å². The molecule has 0 aromatic carbocycles. The molecule has 1 aliphatic heterocycles. The fraction of sp³-hybridized carbons (Fsp3) is 0.778. The molecule has 0 aromatic rings. The summed E-state index contributed by atoms with van der Waals surface area (Å²) < 4.78 is 0. The molecule has 2 amide bonds. The Morgan fingerprint density at radius 2 is 1.93 bits per heavy atom. The summed E-state index contributed by atoms with van der Waals surface area (Å²) in [6, 6.07) is 0. The van der Waals surface area contributed by atoms with E-state index in [-0.39, 0.29) is 18.2 Å². The van der Waals surface area contributed by atoms with E-state index < -0.39 is 0 Å². The van der Waals surface area contributed by atoms with Crippen LogP contribution in [0.15, 0.2) is 0 Å². The zero-order chi connectivity index (χ0) is 10.4. The van der Waals surface area contributed by atoms with Crippen LogP contribution in [0, 0.1) is 0 Å². The van der Waals surface area contributed by atoms with Crippen LogP contribution in [0.2, 0.25) is 0 Å². The van der Waals surface area contributed by atoms with Crippen LogP contribution in [0.25, 0.3) is 0 Å². The third-order valence-corrected chi connectivity index (χ3v) is 2.28. The highest BCUT2D eigenvalue weighted by Crippen LogP contribution is 2.06. The van der Waals surface area contributed by atoms with Gasteiger partial charge in [-0.3, -0.25) is 9.59 Å². The largest absolute Gasteiger partial charge is 0.370 e. The van der Waals surface area contributed by atoms with Crippen LogP contribution in [-0.2, 0) is 9.59 Å². The smallest absolute Gasteiger partial charge is 0.236 e. The first-order valence-corrected chi connectivity index (χ1v) is 4.97. The Labute approximate surface area is 83.6 Å². The number of carbonyl (C=O) groups excluding carboxylic acids is 2. The van der Waals surface area contributed by atoms with Gasteiger partial charge in [-0.2, -0.15) is 0 Å². The Morgan fingerprint density at radius 1 is 1.29 bits per heavy atom. The predicted octanol–water partition coefficient (Wildman–Crippen LogP) is -0.926. The number of amides is 2. The van der Waals surface area contributed by atoms with Gasteiger partial charge in [-0.1, -0.05) is 0 Å². The molecule has 3 N–H and O–H groups in total. The van der Waals surface area contributed by atoms with Gasteiger partial charge in [0.15, 0.2) is 0 Å². The van der Waals surface area contributed by atoms with Crippen molar-refractivity contribution in [3.63, 3.8) is 0 Å². The highest BCUT2D eigenvalue weighted by Gasteiger charge is 2.16. The monoisotopic (exact) mass is 199 g/mol. The summed E-state index contributed by atoms with van der Waals surface area (Å²) >= 11 is 0. The zero-order valence-corrected chi connectivity index (χ0v) is 8.29. The molecular weight excluding hydrogens is 182 g/mol. The first kappa shape index (κ1) is 11.0. The van der Waals surface area contributed by atoms with E-state index in [0.29, 0.717) is 13.1 Å². The second kappa shape index (κ2) is 5.59. The molecule has 0 spiro atoms. The van der Waals surface area contributed by atoms with Crippen molar-refractivity contribution >= 4 is 11.8 Å². The molecule has 0 radical (unpaired) electrons.